The number of nitrogens with one attached hydrogen (secondary N) is 1. The molecule has 1 aliphatic rings. The molecule has 0 spiro atoms. The summed E-state index contributed by atoms with van der Waals surface area (Å²) in [4.78, 5) is 29.2. The van der Waals surface area contributed by atoms with Crippen LogP contribution in [0, 0.1) is 19.8 Å². The summed E-state index contributed by atoms with van der Waals surface area (Å²) in [5.41, 5.74) is 8.35. The molecular formula is C23H28N6O4S. The number of primary amides is 1. The van der Waals surface area contributed by atoms with Crippen molar-refractivity contribution in [3.63, 3.8) is 0 Å². The highest BCUT2D eigenvalue weighted by molar-refractivity contribution is 7.88. The van der Waals surface area contributed by atoms with E-state index < -0.39 is 15.9 Å². The van der Waals surface area contributed by atoms with Crippen LogP contribution >= 0.6 is 0 Å². The highest BCUT2D eigenvalue weighted by Gasteiger charge is 2.26. The topological polar surface area (TPSA) is 140 Å². The van der Waals surface area contributed by atoms with Crippen molar-refractivity contribution in [1.29, 1.82) is 0 Å². The number of sulfonamides is 1. The zero-order valence-corrected chi connectivity index (χ0v) is 20.2. The molecule has 180 valence electrons. The van der Waals surface area contributed by atoms with E-state index in [4.69, 9.17) is 5.73 Å². The summed E-state index contributed by atoms with van der Waals surface area (Å²) in [6.07, 6.45) is 2.75. The van der Waals surface area contributed by atoms with E-state index in [2.05, 4.69) is 15.4 Å². The first kappa shape index (κ1) is 23.8. The van der Waals surface area contributed by atoms with Crippen molar-refractivity contribution in [2.45, 2.75) is 33.2 Å². The zero-order valence-electron chi connectivity index (χ0n) is 19.4. The maximum atomic E-state index is 13.2. The molecular weight excluding hydrogens is 456 g/mol. The second-order valence-corrected chi connectivity index (χ2v) is 10.7. The van der Waals surface area contributed by atoms with Crippen molar-refractivity contribution in [3.8, 4) is 0 Å². The number of hydrogen-bond donors (Lipinski definition) is 2. The minimum Gasteiger partial charge on any atom is -0.364 e. The molecule has 11 heteroatoms. The molecule has 0 bridgehead atoms. The van der Waals surface area contributed by atoms with Gasteiger partial charge in [0.1, 0.15) is 5.69 Å². The van der Waals surface area contributed by atoms with E-state index in [1.54, 1.807) is 24.3 Å². The summed E-state index contributed by atoms with van der Waals surface area (Å²) in [6, 6.07) is 8.48. The minimum absolute atomic E-state index is 0.0217. The van der Waals surface area contributed by atoms with Crippen LogP contribution < -0.4 is 11.1 Å². The largest absolute Gasteiger partial charge is 0.364 e. The van der Waals surface area contributed by atoms with Gasteiger partial charge in [0.15, 0.2) is 0 Å². The molecule has 34 heavy (non-hydrogen) atoms. The van der Waals surface area contributed by atoms with E-state index in [1.165, 1.54) is 16.6 Å². The Kier molecular flexibility index (Phi) is 6.41. The third-order valence-corrected chi connectivity index (χ3v) is 7.61. The van der Waals surface area contributed by atoms with Crippen molar-refractivity contribution in [3.05, 3.63) is 53.0 Å². The van der Waals surface area contributed by atoms with Crippen LogP contribution in [-0.4, -0.2) is 58.6 Å². The summed E-state index contributed by atoms with van der Waals surface area (Å²) in [5.74, 6) is -0.794. The maximum Gasteiger partial charge on any atom is 0.267 e. The fraction of sp³-hybridized carbons (Fsp3) is 0.391. The van der Waals surface area contributed by atoms with Crippen molar-refractivity contribution in [1.82, 2.24) is 19.1 Å². The summed E-state index contributed by atoms with van der Waals surface area (Å²) >= 11 is 0. The molecule has 3 heterocycles. The van der Waals surface area contributed by atoms with E-state index in [1.807, 2.05) is 18.5 Å². The van der Waals surface area contributed by atoms with Gasteiger partial charge in [0.25, 0.3) is 11.8 Å². The Morgan fingerprint density at radius 3 is 2.50 bits per heavy atom. The van der Waals surface area contributed by atoms with Crippen molar-refractivity contribution in [2.24, 2.45) is 11.7 Å². The molecule has 2 aromatic heterocycles. The summed E-state index contributed by atoms with van der Waals surface area (Å²) in [7, 11) is -3.17. The molecule has 0 aliphatic carbocycles. The van der Waals surface area contributed by atoms with Crippen LogP contribution in [0.3, 0.4) is 0 Å². The summed E-state index contributed by atoms with van der Waals surface area (Å²) < 4.78 is 26.9. The number of para-hydroxylation sites is 1. The molecule has 1 saturated heterocycles. The van der Waals surface area contributed by atoms with Gasteiger partial charge in [-0.15, -0.1) is 0 Å². The number of aryl methyl sites for hydroxylation is 1. The van der Waals surface area contributed by atoms with E-state index in [0.717, 1.165) is 18.5 Å². The molecule has 2 amide bonds. The van der Waals surface area contributed by atoms with Gasteiger partial charge in [-0.1, -0.05) is 18.2 Å². The Hall–Kier alpha value is -3.31. The Bertz CT molecular complexity index is 1370. The van der Waals surface area contributed by atoms with Crippen LogP contribution in [0.2, 0.25) is 0 Å². The van der Waals surface area contributed by atoms with Gasteiger partial charge in [0.05, 0.1) is 34.4 Å². The van der Waals surface area contributed by atoms with E-state index in [0.29, 0.717) is 53.4 Å². The van der Waals surface area contributed by atoms with Crippen LogP contribution in [-0.2, 0) is 16.6 Å². The fourth-order valence-corrected chi connectivity index (χ4v) is 5.27. The Morgan fingerprint density at radius 2 is 1.85 bits per heavy atom. The monoisotopic (exact) mass is 484 g/mol. The number of pyridine rings is 1. The average molecular weight is 485 g/mol. The number of benzene rings is 1. The quantitative estimate of drug-likeness (QED) is 0.549. The number of anilines is 1. The van der Waals surface area contributed by atoms with E-state index in [-0.39, 0.29) is 11.6 Å². The third-order valence-electron chi connectivity index (χ3n) is 6.31. The molecule has 10 nitrogen and oxygen atoms in total. The first-order chi connectivity index (χ1) is 16.0. The van der Waals surface area contributed by atoms with Gasteiger partial charge in [-0.25, -0.2) is 17.7 Å². The highest BCUT2D eigenvalue weighted by atomic mass is 32.2. The molecule has 4 rings (SSSR count). The predicted molar refractivity (Wildman–Crippen MR) is 129 cm³/mol. The first-order valence-electron chi connectivity index (χ1n) is 11.0. The molecule has 0 unspecified atom stereocenters. The van der Waals surface area contributed by atoms with Gasteiger partial charge in [0.2, 0.25) is 10.0 Å². The van der Waals surface area contributed by atoms with Crippen LogP contribution in [0.4, 0.5) is 5.69 Å². The number of aromatic nitrogens is 3. The standard InChI is InChI=1S/C23H28N6O4S/c1-14-21(15(2)29(27-14)13-16-8-10-28(11-9-16)34(3,32)33)26-23(31)18-12-20(22(24)30)25-19-7-5-4-6-17(18)19/h4-7,12,16H,8-11,13H2,1-3H3,(H2,24,30)(H,26,31). The van der Waals surface area contributed by atoms with Crippen molar-refractivity contribution in [2.75, 3.05) is 24.7 Å². The molecule has 3 aromatic rings. The van der Waals surface area contributed by atoms with Gasteiger partial charge in [-0.3, -0.25) is 14.3 Å². The number of carbonyl (C=O) groups excluding carboxylic acids is 2. The normalized spacial score (nSPS) is 15.5. The van der Waals surface area contributed by atoms with Crippen LogP contribution in [0.5, 0.6) is 0 Å². The lowest BCUT2D eigenvalue weighted by Crippen LogP contribution is -2.38. The average Bonchev–Trinajstić information content (AvgIpc) is 3.05. The maximum absolute atomic E-state index is 13.2. The Labute approximate surface area is 198 Å². The molecule has 1 aliphatic heterocycles. The van der Waals surface area contributed by atoms with Gasteiger partial charge in [0, 0.05) is 25.0 Å². The number of nitrogens with two attached hydrogens (primary N) is 1. The molecule has 1 aromatic carbocycles. The van der Waals surface area contributed by atoms with Crippen LogP contribution in [0.1, 0.15) is 45.1 Å². The number of piperidine rings is 1. The van der Waals surface area contributed by atoms with Gasteiger partial charge in [-0.05, 0) is 44.7 Å². The number of amides is 2. The highest BCUT2D eigenvalue weighted by Crippen LogP contribution is 2.26. The Morgan fingerprint density at radius 1 is 1.18 bits per heavy atom. The number of carbonyl (C=O) groups is 2. The second kappa shape index (κ2) is 9.15. The SMILES string of the molecule is Cc1nn(CC2CCN(S(C)(=O)=O)CC2)c(C)c1NC(=O)c1cc(C(N)=O)nc2ccccc12. The molecule has 1 fully saturated rings. The lowest BCUT2D eigenvalue weighted by molar-refractivity contribution is 0.0996. The molecule has 0 radical (unpaired) electrons. The first-order valence-corrected chi connectivity index (χ1v) is 12.9. The zero-order chi connectivity index (χ0) is 24.6. The van der Waals surface area contributed by atoms with Crippen LogP contribution in [0.25, 0.3) is 10.9 Å². The van der Waals surface area contributed by atoms with E-state index >= 15 is 0 Å². The lowest BCUT2D eigenvalue weighted by atomic mass is 9.98. The van der Waals surface area contributed by atoms with Gasteiger partial charge >= 0.3 is 0 Å². The van der Waals surface area contributed by atoms with Gasteiger partial charge in [-0.2, -0.15) is 5.10 Å². The van der Waals surface area contributed by atoms with Gasteiger partial charge < -0.3 is 11.1 Å². The number of nitrogens with zero attached hydrogens (tertiary/aromatic N) is 4. The minimum atomic E-state index is -3.17. The predicted octanol–water partition coefficient (Wildman–Crippen LogP) is 2.07. The number of fused-ring (bicyclic) bond motifs is 1. The summed E-state index contributed by atoms with van der Waals surface area (Å²) in [6.45, 7) is 5.36. The van der Waals surface area contributed by atoms with Crippen molar-refractivity contribution >= 4 is 38.4 Å². The molecule has 0 atom stereocenters. The fourth-order valence-electron chi connectivity index (χ4n) is 4.39. The second-order valence-electron chi connectivity index (χ2n) is 8.72. The van der Waals surface area contributed by atoms with E-state index in [9.17, 15) is 18.0 Å². The number of hydrogen-bond acceptors (Lipinski definition) is 6. The third kappa shape index (κ3) is 4.80. The van der Waals surface area contributed by atoms with Crippen LogP contribution in [0.15, 0.2) is 30.3 Å². The summed E-state index contributed by atoms with van der Waals surface area (Å²) in [5, 5.41) is 8.17. The lowest BCUT2D eigenvalue weighted by Gasteiger charge is -2.30. The number of rotatable bonds is 6. The van der Waals surface area contributed by atoms with Crippen molar-refractivity contribution < 1.29 is 18.0 Å². The smallest absolute Gasteiger partial charge is 0.267 e. The molecule has 3 N–H and O–H groups in total. The Balaban J connectivity index is 1.55. The molecule has 0 saturated carbocycles.